The summed E-state index contributed by atoms with van der Waals surface area (Å²) in [5, 5.41) is 6.72. The van der Waals surface area contributed by atoms with Crippen LogP contribution in [0.5, 0.6) is 0 Å². The number of para-hydroxylation sites is 1. The molecule has 1 amide bonds. The van der Waals surface area contributed by atoms with Crippen molar-refractivity contribution in [3.8, 4) is 0 Å². The summed E-state index contributed by atoms with van der Waals surface area (Å²) in [6, 6.07) is 8.96. The number of hydrogen-bond donors (Lipinski definition) is 1. The number of nitrogens with zero attached hydrogens (tertiary/aromatic N) is 3. The van der Waals surface area contributed by atoms with Crippen LogP contribution in [0.25, 0.3) is 0 Å². The van der Waals surface area contributed by atoms with Gasteiger partial charge in [-0.05, 0) is 18.2 Å². The molecular formula is C16H17FN4O2S. The van der Waals surface area contributed by atoms with Gasteiger partial charge in [-0.15, -0.1) is 0 Å². The minimum Gasteiger partial charge on any atom is -0.354 e. The maximum atomic E-state index is 13.6. The molecule has 1 aliphatic heterocycles. The Balaban J connectivity index is 1.73. The van der Waals surface area contributed by atoms with Crippen molar-refractivity contribution in [2.24, 2.45) is 0 Å². The summed E-state index contributed by atoms with van der Waals surface area (Å²) in [4.78, 5) is 26.1. The van der Waals surface area contributed by atoms with Gasteiger partial charge in [-0.2, -0.15) is 16.9 Å². The molecule has 0 spiro atoms. The molecule has 8 heteroatoms. The van der Waals surface area contributed by atoms with Crippen LogP contribution in [0.15, 0.2) is 41.2 Å². The summed E-state index contributed by atoms with van der Waals surface area (Å²) in [6.07, 6.45) is 0. The van der Waals surface area contributed by atoms with Crippen molar-refractivity contribution in [2.45, 2.75) is 6.54 Å². The molecule has 1 N–H and O–H groups in total. The van der Waals surface area contributed by atoms with Gasteiger partial charge in [-0.1, -0.05) is 12.1 Å². The molecule has 1 aromatic carbocycles. The van der Waals surface area contributed by atoms with Gasteiger partial charge in [0.05, 0.1) is 5.69 Å². The van der Waals surface area contributed by atoms with Gasteiger partial charge in [0, 0.05) is 30.7 Å². The van der Waals surface area contributed by atoms with Crippen LogP contribution in [0, 0.1) is 5.82 Å². The molecule has 126 valence electrons. The summed E-state index contributed by atoms with van der Waals surface area (Å²) in [5.74, 6) is 1.67. The van der Waals surface area contributed by atoms with Gasteiger partial charge in [0.2, 0.25) is 5.91 Å². The number of carbonyl (C=O) groups excluding carboxylic acids is 1. The Morgan fingerprint density at radius 2 is 1.96 bits per heavy atom. The van der Waals surface area contributed by atoms with E-state index in [1.54, 1.807) is 12.1 Å². The van der Waals surface area contributed by atoms with Crippen molar-refractivity contribution in [1.82, 2.24) is 9.78 Å². The molecule has 1 fully saturated rings. The molecule has 2 aromatic rings. The fourth-order valence-electron chi connectivity index (χ4n) is 2.40. The number of carbonyl (C=O) groups is 1. The van der Waals surface area contributed by atoms with Crippen LogP contribution in [-0.2, 0) is 11.3 Å². The predicted octanol–water partition coefficient (Wildman–Crippen LogP) is 1.57. The molecule has 1 aromatic heterocycles. The molecule has 3 rings (SSSR count). The van der Waals surface area contributed by atoms with E-state index in [4.69, 9.17) is 0 Å². The minimum atomic E-state index is -0.522. The summed E-state index contributed by atoms with van der Waals surface area (Å²) in [7, 11) is 0. The van der Waals surface area contributed by atoms with E-state index in [1.165, 1.54) is 24.3 Å². The summed E-state index contributed by atoms with van der Waals surface area (Å²) >= 11 is 1.88. The molecule has 1 saturated heterocycles. The standard InChI is InChI=1S/C16H17FN4O2S/c17-12-3-1-2-4-13(12)18-15(22)11-21-16(23)6-5-14(19-21)20-7-9-24-10-8-20/h1-6H,7-11H2,(H,18,22). The Hall–Kier alpha value is -2.35. The van der Waals surface area contributed by atoms with Gasteiger partial charge in [0.1, 0.15) is 18.2 Å². The van der Waals surface area contributed by atoms with Crippen LogP contribution < -0.4 is 15.8 Å². The number of nitrogens with one attached hydrogen (secondary N) is 1. The van der Waals surface area contributed by atoms with Crippen molar-refractivity contribution in [2.75, 3.05) is 34.8 Å². The number of hydrogen-bond acceptors (Lipinski definition) is 5. The highest BCUT2D eigenvalue weighted by molar-refractivity contribution is 7.99. The first-order chi connectivity index (χ1) is 11.6. The third-order valence-electron chi connectivity index (χ3n) is 3.63. The fraction of sp³-hybridized carbons (Fsp3) is 0.312. The third-order valence-corrected chi connectivity index (χ3v) is 4.57. The Labute approximate surface area is 142 Å². The van der Waals surface area contributed by atoms with Crippen LogP contribution in [0.3, 0.4) is 0 Å². The molecule has 0 bridgehead atoms. The Morgan fingerprint density at radius 1 is 1.21 bits per heavy atom. The van der Waals surface area contributed by atoms with E-state index >= 15 is 0 Å². The number of amides is 1. The van der Waals surface area contributed by atoms with Gasteiger partial charge in [0.15, 0.2) is 0 Å². The molecule has 2 heterocycles. The van der Waals surface area contributed by atoms with Gasteiger partial charge in [0.25, 0.3) is 5.56 Å². The smallest absolute Gasteiger partial charge is 0.267 e. The zero-order chi connectivity index (χ0) is 16.9. The number of anilines is 2. The van der Waals surface area contributed by atoms with Gasteiger partial charge in [-0.3, -0.25) is 9.59 Å². The average Bonchev–Trinajstić information content (AvgIpc) is 2.60. The highest BCUT2D eigenvalue weighted by Gasteiger charge is 2.15. The van der Waals surface area contributed by atoms with E-state index < -0.39 is 11.7 Å². The van der Waals surface area contributed by atoms with E-state index in [1.807, 2.05) is 11.8 Å². The Morgan fingerprint density at radius 3 is 2.71 bits per heavy atom. The molecule has 24 heavy (non-hydrogen) atoms. The van der Waals surface area contributed by atoms with Crippen molar-refractivity contribution in [1.29, 1.82) is 0 Å². The SMILES string of the molecule is O=C(Cn1nc(N2CCSCC2)ccc1=O)Nc1ccccc1F. The lowest BCUT2D eigenvalue weighted by molar-refractivity contribution is -0.117. The first-order valence-corrected chi connectivity index (χ1v) is 8.74. The number of rotatable bonds is 4. The maximum absolute atomic E-state index is 13.6. The number of benzene rings is 1. The topological polar surface area (TPSA) is 67.2 Å². The van der Waals surface area contributed by atoms with E-state index in [2.05, 4.69) is 15.3 Å². The fourth-order valence-corrected chi connectivity index (χ4v) is 3.30. The van der Waals surface area contributed by atoms with Crippen molar-refractivity contribution in [3.63, 3.8) is 0 Å². The Bertz CT molecular complexity index is 790. The minimum absolute atomic E-state index is 0.0831. The van der Waals surface area contributed by atoms with Crippen molar-refractivity contribution in [3.05, 3.63) is 52.6 Å². The lowest BCUT2D eigenvalue weighted by atomic mass is 10.3. The van der Waals surface area contributed by atoms with Crippen LogP contribution in [0.1, 0.15) is 0 Å². The second-order valence-corrected chi connectivity index (χ2v) is 6.54. The molecule has 0 aliphatic carbocycles. The van der Waals surface area contributed by atoms with E-state index in [9.17, 15) is 14.0 Å². The van der Waals surface area contributed by atoms with Crippen molar-refractivity contribution >= 4 is 29.2 Å². The summed E-state index contributed by atoms with van der Waals surface area (Å²) in [5.41, 5.74) is -0.284. The Kier molecular flexibility index (Phi) is 5.14. The first kappa shape index (κ1) is 16.5. The summed E-state index contributed by atoms with van der Waals surface area (Å²) in [6.45, 7) is 1.46. The zero-order valence-corrected chi connectivity index (χ0v) is 13.8. The highest BCUT2D eigenvalue weighted by Crippen LogP contribution is 2.16. The monoisotopic (exact) mass is 348 g/mol. The lowest BCUT2D eigenvalue weighted by Crippen LogP contribution is -2.36. The largest absolute Gasteiger partial charge is 0.354 e. The molecule has 0 unspecified atom stereocenters. The lowest BCUT2D eigenvalue weighted by Gasteiger charge is -2.27. The van der Waals surface area contributed by atoms with E-state index in [0.29, 0.717) is 5.82 Å². The molecule has 0 atom stereocenters. The average molecular weight is 348 g/mol. The normalized spacial score (nSPS) is 14.5. The van der Waals surface area contributed by atoms with Gasteiger partial charge in [-0.25, -0.2) is 9.07 Å². The van der Waals surface area contributed by atoms with Crippen LogP contribution in [0.2, 0.25) is 0 Å². The number of halogens is 1. The zero-order valence-electron chi connectivity index (χ0n) is 12.9. The van der Waals surface area contributed by atoms with Crippen LogP contribution in [-0.4, -0.2) is 40.3 Å². The van der Waals surface area contributed by atoms with Gasteiger partial charge >= 0.3 is 0 Å². The second-order valence-electron chi connectivity index (χ2n) is 5.31. The molecule has 0 radical (unpaired) electrons. The third kappa shape index (κ3) is 3.94. The predicted molar refractivity (Wildman–Crippen MR) is 93.1 cm³/mol. The molecule has 0 saturated carbocycles. The maximum Gasteiger partial charge on any atom is 0.267 e. The first-order valence-electron chi connectivity index (χ1n) is 7.59. The summed E-state index contributed by atoms with van der Waals surface area (Å²) < 4.78 is 14.7. The number of thioether (sulfide) groups is 1. The molecule has 6 nitrogen and oxygen atoms in total. The van der Waals surface area contributed by atoms with E-state index in [-0.39, 0.29) is 17.8 Å². The quantitative estimate of drug-likeness (QED) is 0.909. The molecular weight excluding hydrogens is 331 g/mol. The second kappa shape index (κ2) is 7.48. The van der Waals surface area contributed by atoms with Crippen LogP contribution in [0.4, 0.5) is 15.9 Å². The van der Waals surface area contributed by atoms with Crippen LogP contribution >= 0.6 is 11.8 Å². The molecule has 1 aliphatic rings. The van der Waals surface area contributed by atoms with Gasteiger partial charge < -0.3 is 10.2 Å². The van der Waals surface area contributed by atoms with Crippen molar-refractivity contribution < 1.29 is 9.18 Å². The number of aromatic nitrogens is 2. The highest BCUT2D eigenvalue weighted by atomic mass is 32.2. The van der Waals surface area contributed by atoms with E-state index in [0.717, 1.165) is 29.3 Å².